The normalized spacial score (nSPS) is 14.3. The van der Waals surface area contributed by atoms with Crippen LogP contribution in [0.2, 0.25) is 0 Å². The van der Waals surface area contributed by atoms with Crippen molar-refractivity contribution < 1.29 is 31.7 Å². The molecule has 0 fully saturated rings. The van der Waals surface area contributed by atoms with Crippen molar-refractivity contribution in [1.82, 2.24) is 5.32 Å². The van der Waals surface area contributed by atoms with Crippen molar-refractivity contribution in [3.8, 4) is 0 Å². The standard InChI is InChI=1S/C16H21F3N2O4S/c1-5-26(24,21-13(22)16(17,18)19)12-8-6-11(7-9-12)10-20-14(23)25-15(2,3)4/h6-9H,5,10H2,1-4H3,(H,20,23). The molecule has 0 aliphatic rings. The summed E-state index contributed by atoms with van der Waals surface area (Å²) in [4.78, 5) is 22.6. The van der Waals surface area contributed by atoms with Gasteiger partial charge in [0.05, 0.1) is 9.73 Å². The minimum atomic E-state index is -5.17. The first-order valence-corrected chi connectivity index (χ1v) is 9.37. The number of hydrogen-bond donors (Lipinski definition) is 1. The van der Waals surface area contributed by atoms with E-state index in [9.17, 15) is 27.0 Å². The summed E-state index contributed by atoms with van der Waals surface area (Å²) in [6.07, 6.45) is -5.79. The van der Waals surface area contributed by atoms with Gasteiger partial charge in [-0.05, 0) is 38.5 Å². The highest BCUT2D eigenvalue weighted by atomic mass is 32.2. The quantitative estimate of drug-likeness (QED) is 0.845. The Kier molecular flexibility index (Phi) is 6.81. The number of hydrogen-bond acceptors (Lipinski definition) is 4. The average Bonchev–Trinajstić information content (AvgIpc) is 2.50. The molecule has 1 unspecified atom stereocenters. The Morgan fingerprint density at radius 2 is 1.69 bits per heavy atom. The van der Waals surface area contributed by atoms with Crippen molar-refractivity contribution >= 4 is 21.7 Å². The predicted molar refractivity (Wildman–Crippen MR) is 90.0 cm³/mol. The van der Waals surface area contributed by atoms with Gasteiger partial charge < -0.3 is 10.1 Å². The lowest BCUT2D eigenvalue weighted by molar-refractivity contribution is -0.169. The predicted octanol–water partition coefficient (Wildman–Crippen LogP) is 3.65. The highest BCUT2D eigenvalue weighted by Crippen LogP contribution is 2.21. The molecule has 0 radical (unpaired) electrons. The zero-order valence-corrected chi connectivity index (χ0v) is 15.7. The number of carbonyl (C=O) groups excluding carboxylic acids is 2. The first-order valence-electron chi connectivity index (χ1n) is 7.68. The summed E-state index contributed by atoms with van der Waals surface area (Å²) in [6, 6.07) is 5.61. The van der Waals surface area contributed by atoms with Crippen LogP contribution in [0.1, 0.15) is 33.3 Å². The van der Waals surface area contributed by atoms with Crippen LogP contribution in [0.4, 0.5) is 18.0 Å². The largest absolute Gasteiger partial charge is 0.474 e. The molecule has 1 aromatic rings. The molecule has 0 saturated heterocycles. The Balaban J connectivity index is 2.92. The van der Waals surface area contributed by atoms with E-state index in [1.165, 1.54) is 31.2 Å². The zero-order valence-electron chi connectivity index (χ0n) is 14.8. The molecule has 0 spiro atoms. The second-order valence-corrected chi connectivity index (χ2v) is 8.83. The van der Waals surface area contributed by atoms with Crippen LogP contribution in [0.3, 0.4) is 0 Å². The Hall–Kier alpha value is -2.10. The van der Waals surface area contributed by atoms with E-state index in [0.29, 0.717) is 5.56 Å². The fraction of sp³-hybridized carbons (Fsp3) is 0.500. The van der Waals surface area contributed by atoms with Gasteiger partial charge >= 0.3 is 18.2 Å². The third kappa shape index (κ3) is 6.66. The molecule has 1 N–H and O–H groups in total. The molecule has 1 rings (SSSR count). The summed E-state index contributed by atoms with van der Waals surface area (Å²) in [5, 5.41) is 2.52. The molecular formula is C16H21F3N2O4S. The van der Waals surface area contributed by atoms with Gasteiger partial charge in [-0.1, -0.05) is 19.1 Å². The van der Waals surface area contributed by atoms with Gasteiger partial charge in [0.2, 0.25) is 0 Å². The Labute approximate surface area is 150 Å². The first kappa shape index (κ1) is 21.9. The van der Waals surface area contributed by atoms with Crippen LogP contribution >= 0.6 is 0 Å². The highest BCUT2D eigenvalue weighted by Gasteiger charge is 2.39. The number of rotatable bonds is 4. The number of alkyl halides is 3. The van der Waals surface area contributed by atoms with E-state index in [-0.39, 0.29) is 17.2 Å². The summed E-state index contributed by atoms with van der Waals surface area (Å²) in [5.41, 5.74) is -0.0350. The molecule has 0 aliphatic carbocycles. The minimum absolute atomic E-state index is 0.0126. The van der Waals surface area contributed by atoms with Gasteiger partial charge in [-0.3, -0.25) is 4.79 Å². The Morgan fingerprint density at radius 3 is 2.12 bits per heavy atom. The van der Waals surface area contributed by atoms with E-state index >= 15 is 0 Å². The maximum absolute atomic E-state index is 12.6. The molecule has 146 valence electrons. The van der Waals surface area contributed by atoms with Crippen molar-refractivity contribution in [3.63, 3.8) is 0 Å². The van der Waals surface area contributed by atoms with E-state index in [4.69, 9.17) is 4.74 Å². The molecule has 0 heterocycles. The van der Waals surface area contributed by atoms with Gasteiger partial charge in [0, 0.05) is 17.2 Å². The molecule has 26 heavy (non-hydrogen) atoms. The van der Waals surface area contributed by atoms with Crippen molar-refractivity contribution in [2.45, 2.75) is 50.9 Å². The van der Waals surface area contributed by atoms with Crippen molar-refractivity contribution in [2.24, 2.45) is 4.36 Å². The van der Waals surface area contributed by atoms with E-state index in [0.717, 1.165) is 0 Å². The number of benzene rings is 1. The van der Waals surface area contributed by atoms with Crippen LogP contribution in [-0.4, -0.2) is 33.7 Å². The second-order valence-electron chi connectivity index (χ2n) is 6.32. The van der Waals surface area contributed by atoms with Gasteiger partial charge in [0.25, 0.3) is 0 Å². The molecule has 6 nitrogen and oxygen atoms in total. The van der Waals surface area contributed by atoms with Crippen LogP contribution in [0, 0.1) is 0 Å². The number of nitrogens with one attached hydrogen (secondary N) is 1. The van der Waals surface area contributed by atoms with Crippen LogP contribution < -0.4 is 5.32 Å². The second kappa shape index (κ2) is 8.07. The van der Waals surface area contributed by atoms with E-state index in [2.05, 4.69) is 9.68 Å². The zero-order chi connectivity index (χ0) is 20.2. The average molecular weight is 394 g/mol. The lowest BCUT2D eigenvalue weighted by Crippen LogP contribution is -2.32. The Morgan fingerprint density at radius 1 is 1.15 bits per heavy atom. The Bertz CT molecular complexity index is 774. The SMILES string of the molecule is CCS(=O)(=NC(=O)C(F)(F)F)c1ccc(CNC(=O)OC(C)(C)C)cc1. The molecule has 0 aliphatic heterocycles. The van der Waals surface area contributed by atoms with Crippen molar-refractivity contribution in [1.29, 1.82) is 0 Å². The molecular weight excluding hydrogens is 373 g/mol. The van der Waals surface area contributed by atoms with Gasteiger partial charge in [-0.25, -0.2) is 9.00 Å². The number of carbonyl (C=O) groups is 2. The molecule has 0 bridgehead atoms. The van der Waals surface area contributed by atoms with Crippen LogP contribution in [0.5, 0.6) is 0 Å². The maximum Gasteiger partial charge on any atom is 0.474 e. The molecule has 2 amide bonds. The van der Waals surface area contributed by atoms with Crippen LogP contribution in [0.25, 0.3) is 0 Å². The van der Waals surface area contributed by atoms with Gasteiger partial charge in [-0.15, -0.1) is 4.36 Å². The first-order chi connectivity index (χ1) is 11.8. The number of alkyl carbamates (subject to hydrolysis) is 1. The maximum atomic E-state index is 12.6. The molecule has 1 aromatic carbocycles. The van der Waals surface area contributed by atoms with Crippen molar-refractivity contribution in [3.05, 3.63) is 29.8 Å². The van der Waals surface area contributed by atoms with Gasteiger partial charge in [0.1, 0.15) is 5.60 Å². The summed E-state index contributed by atoms with van der Waals surface area (Å²) in [5.74, 6) is -2.62. The third-order valence-electron chi connectivity index (χ3n) is 2.99. The monoisotopic (exact) mass is 394 g/mol. The van der Waals surface area contributed by atoms with Crippen molar-refractivity contribution in [2.75, 3.05) is 5.75 Å². The van der Waals surface area contributed by atoms with E-state index in [1.807, 2.05) is 0 Å². The highest BCUT2D eigenvalue weighted by molar-refractivity contribution is 7.93. The minimum Gasteiger partial charge on any atom is -0.444 e. The number of amides is 2. The number of halogens is 3. The van der Waals surface area contributed by atoms with Gasteiger partial charge in [0.15, 0.2) is 0 Å². The molecule has 0 saturated carbocycles. The lowest BCUT2D eigenvalue weighted by Gasteiger charge is -2.19. The molecule has 10 heteroatoms. The lowest BCUT2D eigenvalue weighted by atomic mass is 10.2. The van der Waals surface area contributed by atoms with Crippen LogP contribution in [-0.2, 0) is 25.8 Å². The summed E-state index contributed by atoms with van der Waals surface area (Å²) in [7, 11) is -3.52. The summed E-state index contributed by atoms with van der Waals surface area (Å²) in [6.45, 7) is 6.64. The molecule has 1 atom stereocenters. The number of nitrogens with zero attached hydrogens (tertiary/aromatic N) is 1. The fourth-order valence-corrected chi connectivity index (χ4v) is 3.28. The van der Waals surface area contributed by atoms with Crippen LogP contribution in [0.15, 0.2) is 33.5 Å². The number of ether oxygens (including phenoxy) is 1. The smallest absolute Gasteiger partial charge is 0.444 e. The van der Waals surface area contributed by atoms with Gasteiger partial charge in [-0.2, -0.15) is 13.2 Å². The molecule has 0 aromatic heterocycles. The summed E-state index contributed by atoms with van der Waals surface area (Å²) >= 11 is 0. The fourth-order valence-electron chi connectivity index (χ4n) is 1.78. The van der Waals surface area contributed by atoms with E-state index in [1.54, 1.807) is 20.8 Å². The summed E-state index contributed by atoms with van der Waals surface area (Å²) < 4.78 is 57.6. The van der Waals surface area contributed by atoms with E-state index < -0.39 is 33.5 Å². The topological polar surface area (TPSA) is 84.8 Å². The third-order valence-corrected chi connectivity index (χ3v) is 5.24.